The second-order valence-electron chi connectivity index (χ2n) is 8.07. The molecule has 1 aromatic heterocycles. The van der Waals surface area contributed by atoms with Crippen LogP contribution in [0.3, 0.4) is 0 Å². The van der Waals surface area contributed by atoms with Crippen molar-refractivity contribution in [1.82, 2.24) is 5.32 Å². The summed E-state index contributed by atoms with van der Waals surface area (Å²) in [4.78, 5) is 13.6. The number of rotatable bonds is 4. The van der Waals surface area contributed by atoms with Crippen molar-refractivity contribution in [3.05, 3.63) is 51.9 Å². The Morgan fingerprint density at radius 1 is 1.27 bits per heavy atom. The molecule has 0 fully saturated rings. The SMILES string of the molecule is CC1(C)Cc2c(sc(NC(=O)CCc3ccccc3)c2C#N)C(C)(C)N1. The van der Waals surface area contributed by atoms with E-state index in [1.54, 1.807) is 0 Å². The average Bonchev–Trinajstić information content (AvgIpc) is 2.90. The molecular formula is C21H25N3OS. The van der Waals surface area contributed by atoms with E-state index in [0.717, 1.165) is 22.4 Å². The number of anilines is 1. The van der Waals surface area contributed by atoms with E-state index in [2.05, 4.69) is 44.4 Å². The number of fused-ring (bicyclic) bond motifs is 1. The maximum atomic E-state index is 12.4. The van der Waals surface area contributed by atoms with Crippen molar-refractivity contribution < 1.29 is 4.79 Å². The summed E-state index contributed by atoms with van der Waals surface area (Å²) in [6.07, 6.45) is 1.88. The fourth-order valence-corrected chi connectivity index (χ4v) is 5.07. The lowest BCUT2D eigenvalue weighted by Gasteiger charge is -2.42. The predicted molar refractivity (Wildman–Crippen MR) is 106 cm³/mol. The van der Waals surface area contributed by atoms with Crippen molar-refractivity contribution >= 4 is 22.2 Å². The monoisotopic (exact) mass is 367 g/mol. The lowest BCUT2D eigenvalue weighted by Crippen LogP contribution is -2.54. The maximum absolute atomic E-state index is 12.4. The van der Waals surface area contributed by atoms with Gasteiger partial charge in [0.15, 0.2) is 0 Å². The molecule has 0 atom stereocenters. The molecule has 26 heavy (non-hydrogen) atoms. The molecule has 5 heteroatoms. The third kappa shape index (κ3) is 3.82. The molecular weight excluding hydrogens is 342 g/mol. The number of carbonyl (C=O) groups excluding carboxylic acids is 1. The molecule has 1 aromatic carbocycles. The third-order valence-corrected chi connectivity index (χ3v) is 6.16. The van der Waals surface area contributed by atoms with Crippen molar-refractivity contribution in [2.24, 2.45) is 0 Å². The molecule has 1 aliphatic rings. The molecule has 0 unspecified atom stereocenters. The normalized spacial score (nSPS) is 17.2. The number of amides is 1. The fourth-order valence-electron chi connectivity index (χ4n) is 3.83. The lowest BCUT2D eigenvalue weighted by atomic mass is 9.81. The molecule has 0 aliphatic carbocycles. The van der Waals surface area contributed by atoms with Crippen molar-refractivity contribution in [1.29, 1.82) is 5.26 Å². The van der Waals surface area contributed by atoms with Crippen LogP contribution in [0.15, 0.2) is 30.3 Å². The largest absolute Gasteiger partial charge is 0.317 e. The molecule has 0 saturated heterocycles. The molecule has 0 bridgehead atoms. The molecule has 1 aliphatic heterocycles. The number of hydrogen-bond donors (Lipinski definition) is 2. The Hall–Kier alpha value is -2.16. The predicted octanol–water partition coefficient (Wildman–Crippen LogP) is 4.35. The Morgan fingerprint density at radius 3 is 2.62 bits per heavy atom. The zero-order valence-corrected chi connectivity index (χ0v) is 16.6. The molecule has 0 radical (unpaired) electrons. The Balaban J connectivity index is 1.80. The summed E-state index contributed by atoms with van der Waals surface area (Å²) in [5.74, 6) is -0.0472. The number of carbonyl (C=O) groups is 1. The summed E-state index contributed by atoms with van der Waals surface area (Å²) < 4.78 is 0. The molecule has 136 valence electrons. The molecule has 2 N–H and O–H groups in total. The number of hydrogen-bond acceptors (Lipinski definition) is 4. The van der Waals surface area contributed by atoms with Crippen LogP contribution in [0.25, 0.3) is 0 Å². The maximum Gasteiger partial charge on any atom is 0.225 e. The highest BCUT2D eigenvalue weighted by Crippen LogP contribution is 2.44. The van der Waals surface area contributed by atoms with Crippen LogP contribution in [0, 0.1) is 11.3 Å². The molecule has 4 nitrogen and oxygen atoms in total. The highest BCUT2D eigenvalue weighted by Gasteiger charge is 2.40. The van der Waals surface area contributed by atoms with Crippen LogP contribution in [0.1, 0.15) is 55.7 Å². The van der Waals surface area contributed by atoms with E-state index in [0.29, 0.717) is 23.4 Å². The molecule has 0 spiro atoms. The van der Waals surface area contributed by atoms with Gasteiger partial charge in [0.2, 0.25) is 5.91 Å². The smallest absolute Gasteiger partial charge is 0.225 e. The van der Waals surface area contributed by atoms with Crippen LogP contribution in [-0.2, 0) is 23.2 Å². The Labute approximate surface area is 159 Å². The summed E-state index contributed by atoms with van der Waals surface area (Å²) >= 11 is 1.53. The third-order valence-electron chi connectivity index (χ3n) is 4.69. The first-order valence-electron chi connectivity index (χ1n) is 8.91. The summed E-state index contributed by atoms with van der Waals surface area (Å²) in [6, 6.07) is 12.3. The minimum atomic E-state index is -0.222. The fraction of sp³-hybridized carbons (Fsp3) is 0.429. The van der Waals surface area contributed by atoms with Crippen molar-refractivity contribution in [2.45, 2.75) is 58.0 Å². The summed E-state index contributed by atoms with van der Waals surface area (Å²) in [6.45, 7) is 8.56. The van der Waals surface area contributed by atoms with Gasteiger partial charge in [-0.15, -0.1) is 11.3 Å². The number of nitriles is 1. The van der Waals surface area contributed by atoms with Gasteiger partial charge in [-0.2, -0.15) is 5.26 Å². The van der Waals surface area contributed by atoms with Gasteiger partial charge in [0.1, 0.15) is 11.1 Å². The number of nitrogens with zero attached hydrogens (tertiary/aromatic N) is 1. The van der Waals surface area contributed by atoms with Crippen molar-refractivity contribution in [3.63, 3.8) is 0 Å². The minimum absolute atomic E-state index is 0.0472. The molecule has 0 saturated carbocycles. The van der Waals surface area contributed by atoms with Crippen LogP contribution in [0.5, 0.6) is 0 Å². The van der Waals surface area contributed by atoms with E-state index in [1.165, 1.54) is 11.3 Å². The summed E-state index contributed by atoms with van der Waals surface area (Å²) in [5.41, 5.74) is 2.53. The van der Waals surface area contributed by atoms with E-state index < -0.39 is 0 Å². The van der Waals surface area contributed by atoms with Gasteiger partial charge in [-0.1, -0.05) is 30.3 Å². The first-order valence-corrected chi connectivity index (χ1v) is 9.73. The van der Waals surface area contributed by atoms with Crippen LogP contribution in [0.2, 0.25) is 0 Å². The van der Waals surface area contributed by atoms with Gasteiger partial charge in [0.25, 0.3) is 0 Å². The zero-order valence-electron chi connectivity index (χ0n) is 15.8. The highest BCUT2D eigenvalue weighted by atomic mass is 32.1. The first-order chi connectivity index (χ1) is 12.2. The second-order valence-corrected chi connectivity index (χ2v) is 9.09. The van der Waals surface area contributed by atoms with E-state index >= 15 is 0 Å². The van der Waals surface area contributed by atoms with E-state index in [1.807, 2.05) is 30.3 Å². The van der Waals surface area contributed by atoms with E-state index in [9.17, 15) is 10.1 Å². The van der Waals surface area contributed by atoms with Crippen LogP contribution in [-0.4, -0.2) is 11.4 Å². The van der Waals surface area contributed by atoms with Crippen molar-refractivity contribution in [2.75, 3.05) is 5.32 Å². The van der Waals surface area contributed by atoms with Gasteiger partial charge >= 0.3 is 0 Å². The quantitative estimate of drug-likeness (QED) is 0.844. The number of aryl methyl sites for hydroxylation is 1. The molecule has 3 rings (SSSR count). The molecule has 1 amide bonds. The van der Waals surface area contributed by atoms with Crippen molar-refractivity contribution in [3.8, 4) is 6.07 Å². The number of nitrogens with one attached hydrogen (secondary N) is 2. The highest BCUT2D eigenvalue weighted by molar-refractivity contribution is 7.17. The first kappa shape index (κ1) is 18.6. The molecule has 2 heterocycles. The van der Waals surface area contributed by atoms with Gasteiger partial charge in [-0.3, -0.25) is 4.79 Å². The minimum Gasteiger partial charge on any atom is -0.317 e. The number of thiophene rings is 1. The van der Waals surface area contributed by atoms with Gasteiger partial charge in [0, 0.05) is 22.4 Å². The van der Waals surface area contributed by atoms with Gasteiger partial charge in [0.05, 0.1) is 5.56 Å². The van der Waals surface area contributed by atoms with Crippen LogP contribution >= 0.6 is 11.3 Å². The summed E-state index contributed by atoms with van der Waals surface area (Å²) in [5, 5.41) is 17.0. The van der Waals surface area contributed by atoms with Gasteiger partial charge in [-0.25, -0.2) is 0 Å². The van der Waals surface area contributed by atoms with Gasteiger partial charge in [-0.05, 0) is 51.7 Å². The Bertz CT molecular complexity index is 859. The van der Waals surface area contributed by atoms with Crippen LogP contribution in [0.4, 0.5) is 5.00 Å². The van der Waals surface area contributed by atoms with Crippen LogP contribution < -0.4 is 10.6 Å². The van der Waals surface area contributed by atoms with E-state index in [-0.39, 0.29) is 17.0 Å². The van der Waals surface area contributed by atoms with Gasteiger partial charge < -0.3 is 10.6 Å². The number of benzene rings is 1. The Morgan fingerprint density at radius 2 is 1.96 bits per heavy atom. The van der Waals surface area contributed by atoms with E-state index in [4.69, 9.17) is 0 Å². The average molecular weight is 368 g/mol. The topological polar surface area (TPSA) is 64.9 Å². The Kier molecular flexibility index (Phi) is 4.92. The standard InChI is InChI=1S/C21H25N3OS/c1-20(2)12-15-16(13-22)19(26-18(15)21(3,4)24-20)23-17(25)11-10-14-8-6-5-7-9-14/h5-9,24H,10-12H2,1-4H3,(H,23,25). The summed E-state index contributed by atoms with van der Waals surface area (Å²) in [7, 11) is 0. The lowest BCUT2D eigenvalue weighted by molar-refractivity contribution is -0.116. The molecule has 2 aromatic rings. The zero-order chi connectivity index (χ0) is 18.9. The second kappa shape index (κ2) is 6.86.